The zero-order chi connectivity index (χ0) is 23.2. The van der Waals surface area contributed by atoms with Crippen LogP contribution in [0.1, 0.15) is 4.88 Å². The number of halogens is 1. The van der Waals surface area contributed by atoms with Crippen LogP contribution in [0.2, 0.25) is 5.02 Å². The van der Waals surface area contributed by atoms with Crippen molar-refractivity contribution in [2.24, 2.45) is 0 Å². The number of hydrogen-bond donors (Lipinski definition) is 1. The molecule has 0 fully saturated rings. The fourth-order valence-electron chi connectivity index (χ4n) is 3.98. The molecule has 5 heterocycles. The van der Waals surface area contributed by atoms with E-state index in [1.54, 1.807) is 48.1 Å². The molecule has 34 heavy (non-hydrogen) atoms. The highest BCUT2D eigenvalue weighted by Crippen LogP contribution is 2.37. The average Bonchev–Trinajstić information content (AvgIpc) is 3.29. The summed E-state index contributed by atoms with van der Waals surface area (Å²) >= 11 is 8.22. The van der Waals surface area contributed by atoms with Crippen LogP contribution in [0.5, 0.6) is 0 Å². The van der Waals surface area contributed by atoms with E-state index >= 15 is 0 Å². The van der Waals surface area contributed by atoms with Crippen molar-refractivity contribution in [2.75, 3.05) is 0 Å². The van der Waals surface area contributed by atoms with E-state index in [0.29, 0.717) is 33.1 Å². The van der Waals surface area contributed by atoms with Crippen LogP contribution in [0.4, 0.5) is 0 Å². The van der Waals surface area contributed by atoms with Gasteiger partial charge in [0.05, 0.1) is 21.1 Å². The number of aromatic amines is 1. The summed E-state index contributed by atoms with van der Waals surface area (Å²) in [7, 11) is 0. The fraction of sp³-hybridized carbons (Fsp3) is 0.0385. The van der Waals surface area contributed by atoms with Crippen LogP contribution in [-0.4, -0.2) is 24.9 Å². The molecule has 0 aliphatic carbocycles. The van der Waals surface area contributed by atoms with E-state index in [9.17, 15) is 4.79 Å². The van der Waals surface area contributed by atoms with Crippen molar-refractivity contribution >= 4 is 45.0 Å². The number of pyridine rings is 3. The lowest BCUT2D eigenvalue weighted by molar-refractivity contribution is 1.20. The minimum Gasteiger partial charge on any atom is -0.305 e. The first kappa shape index (κ1) is 20.7. The van der Waals surface area contributed by atoms with Crippen LogP contribution in [0.15, 0.2) is 78.0 Å². The third kappa shape index (κ3) is 3.55. The van der Waals surface area contributed by atoms with Gasteiger partial charge in [-0.2, -0.15) is 0 Å². The minimum atomic E-state index is -0.228. The number of thiophene rings is 1. The van der Waals surface area contributed by atoms with Crippen molar-refractivity contribution in [1.82, 2.24) is 24.9 Å². The lowest BCUT2D eigenvalue weighted by Gasteiger charge is -2.11. The molecule has 0 saturated heterocycles. The molecule has 8 heteroatoms. The van der Waals surface area contributed by atoms with Crippen molar-refractivity contribution in [3.05, 3.63) is 93.4 Å². The van der Waals surface area contributed by atoms with E-state index in [-0.39, 0.29) is 5.56 Å². The SMILES string of the molecule is Cc1ccc(-c2nc3[nH]c(=O)c(-c4ccncc4)cc3nc2-c2cc(Cl)c3ncccc3c2)s1. The second kappa shape index (κ2) is 8.13. The molecule has 1 aromatic carbocycles. The molecule has 0 bridgehead atoms. The van der Waals surface area contributed by atoms with Gasteiger partial charge < -0.3 is 4.98 Å². The Kier molecular flexibility index (Phi) is 4.94. The van der Waals surface area contributed by atoms with E-state index in [2.05, 4.69) is 15.0 Å². The van der Waals surface area contributed by atoms with Crippen LogP contribution >= 0.6 is 22.9 Å². The molecule has 6 aromatic rings. The summed E-state index contributed by atoms with van der Waals surface area (Å²) in [6.45, 7) is 2.05. The first-order chi connectivity index (χ1) is 16.6. The first-order valence-corrected chi connectivity index (χ1v) is 11.7. The topological polar surface area (TPSA) is 84.4 Å². The normalized spacial score (nSPS) is 11.4. The van der Waals surface area contributed by atoms with Crippen molar-refractivity contribution in [2.45, 2.75) is 6.92 Å². The van der Waals surface area contributed by atoms with Crippen LogP contribution < -0.4 is 5.56 Å². The molecular weight excluding hydrogens is 466 g/mol. The smallest absolute Gasteiger partial charge is 0.257 e. The summed E-state index contributed by atoms with van der Waals surface area (Å²) in [5.74, 6) is 0. The Morgan fingerprint density at radius 2 is 1.76 bits per heavy atom. The van der Waals surface area contributed by atoms with Gasteiger partial charge in [0.1, 0.15) is 11.2 Å². The number of fused-ring (bicyclic) bond motifs is 2. The van der Waals surface area contributed by atoms with Crippen molar-refractivity contribution in [3.8, 4) is 33.0 Å². The largest absolute Gasteiger partial charge is 0.305 e. The van der Waals surface area contributed by atoms with Crippen molar-refractivity contribution in [1.29, 1.82) is 0 Å². The average molecular weight is 482 g/mol. The molecule has 6 rings (SSSR count). The summed E-state index contributed by atoms with van der Waals surface area (Å²) < 4.78 is 0. The Hall–Kier alpha value is -3.94. The highest BCUT2D eigenvalue weighted by atomic mass is 35.5. The summed E-state index contributed by atoms with van der Waals surface area (Å²) in [6, 6.07) is 17.2. The Balaban J connectivity index is 1.65. The summed E-state index contributed by atoms with van der Waals surface area (Å²) in [5.41, 5.74) is 5.01. The lowest BCUT2D eigenvalue weighted by atomic mass is 10.0. The zero-order valence-corrected chi connectivity index (χ0v) is 19.5. The van der Waals surface area contributed by atoms with Gasteiger partial charge in [-0.05, 0) is 61.0 Å². The van der Waals surface area contributed by atoms with Crippen molar-refractivity contribution < 1.29 is 0 Å². The Morgan fingerprint density at radius 3 is 2.56 bits per heavy atom. The number of H-pyrrole nitrogens is 1. The monoisotopic (exact) mass is 481 g/mol. The maximum Gasteiger partial charge on any atom is 0.257 e. The Labute approximate surface area is 203 Å². The van der Waals surface area contributed by atoms with Crippen LogP contribution in [-0.2, 0) is 0 Å². The summed E-state index contributed by atoms with van der Waals surface area (Å²) in [4.78, 5) is 36.2. The molecule has 0 spiro atoms. The number of hydrogen-bond acceptors (Lipinski definition) is 6. The van der Waals surface area contributed by atoms with Gasteiger partial charge in [0, 0.05) is 40.0 Å². The van der Waals surface area contributed by atoms with E-state index in [1.165, 1.54) is 0 Å². The maximum absolute atomic E-state index is 12.9. The van der Waals surface area contributed by atoms with E-state index in [1.807, 2.05) is 43.3 Å². The van der Waals surface area contributed by atoms with Gasteiger partial charge in [0.2, 0.25) is 0 Å². The van der Waals surface area contributed by atoms with Crippen LogP contribution in [0.25, 0.3) is 55.0 Å². The van der Waals surface area contributed by atoms with Crippen LogP contribution in [0.3, 0.4) is 0 Å². The van der Waals surface area contributed by atoms with E-state index < -0.39 is 0 Å². The highest BCUT2D eigenvalue weighted by molar-refractivity contribution is 7.15. The van der Waals surface area contributed by atoms with Gasteiger partial charge in [-0.25, -0.2) is 9.97 Å². The molecule has 0 radical (unpaired) electrons. The van der Waals surface area contributed by atoms with E-state index in [0.717, 1.165) is 31.8 Å². The third-order valence-corrected chi connectivity index (χ3v) is 6.87. The van der Waals surface area contributed by atoms with Crippen LogP contribution in [0, 0.1) is 6.92 Å². The van der Waals surface area contributed by atoms with Gasteiger partial charge in [0.25, 0.3) is 5.56 Å². The van der Waals surface area contributed by atoms with Gasteiger partial charge in [-0.3, -0.25) is 14.8 Å². The zero-order valence-electron chi connectivity index (χ0n) is 17.9. The van der Waals surface area contributed by atoms with E-state index in [4.69, 9.17) is 21.6 Å². The molecule has 0 atom stereocenters. The first-order valence-electron chi connectivity index (χ1n) is 10.5. The maximum atomic E-state index is 12.9. The molecule has 0 amide bonds. The molecule has 164 valence electrons. The number of nitrogens with zero attached hydrogens (tertiary/aromatic N) is 4. The molecule has 6 nitrogen and oxygen atoms in total. The third-order valence-electron chi connectivity index (χ3n) is 5.58. The lowest BCUT2D eigenvalue weighted by Crippen LogP contribution is -2.11. The molecule has 1 N–H and O–H groups in total. The van der Waals surface area contributed by atoms with Gasteiger partial charge in [-0.15, -0.1) is 11.3 Å². The second-order valence-corrected chi connectivity index (χ2v) is 9.54. The number of benzene rings is 1. The standard InChI is InChI=1S/C26H16ClN5OS/c1-14-4-5-21(34-14)24-23(17-11-16-3-2-8-29-22(16)19(27)12-17)30-20-13-18(15-6-9-28-10-7-15)26(33)32-25(20)31-24/h2-13H,1H3,(H,31,32,33). The van der Waals surface area contributed by atoms with Crippen molar-refractivity contribution in [3.63, 3.8) is 0 Å². The minimum absolute atomic E-state index is 0.228. The number of aryl methyl sites for hydroxylation is 1. The molecule has 0 saturated carbocycles. The quantitative estimate of drug-likeness (QED) is 0.321. The Bertz CT molecular complexity index is 1760. The molecule has 5 aromatic heterocycles. The summed E-state index contributed by atoms with van der Waals surface area (Å²) in [6.07, 6.45) is 5.04. The number of nitrogens with one attached hydrogen (secondary N) is 1. The Morgan fingerprint density at radius 1 is 0.912 bits per heavy atom. The molecule has 0 aliphatic rings. The van der Waals surface area contributed by atoms with Gasteiger partial charge in [0.15, 0.2) is 5.65 Å². The molecular formula is C26H16ClN5OS. The molecule has 0 unspecified atom stereocenters. The number of aromatic nitrogens is 5. The summed E-state index contributed by atoms with van der Waals surface area (Å²) in [5, 5.41) is 1.46. The molecule has 0 aliphatic heterocycles. The van der Waals surface area contributed by atoms with Gasteiger partial charge >= 0.3 is 0 Å². The number of rotatable bonds is 3. The predicted octanol–water partition coefficient (Wildman–Crippen LogP) is 6.29. The predicted molar refractivity (Wildman–Crippen MR) is 137 cm³/mol. The second-order valence-electron chi connectivity index (χ2n) is 7.85. The van der Waals surface area contributed by atoms with Gasteiger partial charge in [-0.1, -0.05) is 17.7 Å². The fourth-order valence-corrected chi connectivity index (χ4v) is 5.12. The highest BCUT2D eigenvalue weighted by Gasteiger charge is 2.18.